The molecule has 0 bridgehead atoms. The number of methoxy groups -OCH3 is 1. The van der Waals surface area contributed by atoms with E-state index in [1.807, 2.05) is 25.1 Å². The number of rotatable bonds is 7. The van der Waals surface area contributed by atoms with Crippen LogP contribution in [0.3, 0.4) is 0 Å². The highest BCUT2D eigenvalue weighted by Gasteiger charge is 2.20. The van der Waals surface area contributed by atoms with Gasteiger partial charge in [0.2, 0.25) is 0 Å². The molecule has 0 fully saturated rings. The van der Waals surface area contributed by atoms with Crippen LogP contribution in [0.25, 0.3) is 0 Å². The fourth-order valence-corrected chi connectivity index (χ4v) is 2.23. The van der Waals surface area contributed by atoms with Gasteiger partial charge < -0.3 is 15.2 Å². The van der Waals surface area contributed by atoms with Crippen molar-refractivity contribution in [2.75, 3.05) is 7.11 Å². The van der Waals surface area contributed by atoms with Gasteiger partial charge in [-0.1, -0.05) is 19.9 Å². The molecule has 0 heterocycles. The first-order valence-corrected chi connectivity index (χ1v) is 7.12. The molecule has 1 aromatic carbocycles. The second kappa shape index (κ2) is 7.51. The largest absolute Gasteiger partial charge is 0.496 e. The van der Waals surface area contributed by atoms with Gasteiger partial charge in [0.05, 0.1) is 13.2 Å². The van der Waals surface area contributed by atoms with Crippen LogP contribution in [0.1, 0.15) is 50.8 Å². The number of nitrogens with one attached hydrogen (secondary N) is 1. The molecule has 3 unspecified atom stereocenters. The van der Waals surface area contributed by atoms with Gasteiger partial charge in [-0.3, -0.25) is 0 Å². The molecule has 2 N–H and O–H groups in total. The quantitative estimate of drug-likeness (QED) is 0.795. The molecule has 0 saturated heterocycles. The highest BCUT2D eigenvalue weighted by atomic mass is 16.5. The standard InChI is InChI=1S/C16H27NO2/c1-6-12(4)17-14(7-2)16(18)13-8-9-15(19-5)11(3)10-13/h8-10,12,14,16-18H,6-7H2,1-5H3. The summed E-state index contributed by atoms with van der Waals surface area (Å²) in [7, 11) is 1.66. The van der Waals surface area contributed by atoms with E-state index in [0.717, 1.165) is 29.7 Å². The van der Waals surface area contributed by atoms with E-state index < -0.39 is 6.10 Å². The maximum Gasteiger partial charge on any atom is 0.121 e. The third-order valence-electron chi connectivity index (χ3n) is 3.69. The predicted molar refractivity (Wildman–Crippen MR) is 79.7 cm³/mol. The number of hydrogen-bond acceptors (Lipinski definition) is 3. The van der Waals surface area contributed by atoms with Crippen LogP contribution in [0.5, 0.6) is 5.75 Å². The van der Waals surface area contributed by atoms with Gasteiger partial charge in [0.1, 0.15) is 5.75 Å². The van der Waals surface area contributed by atoms with Crippen LogP contribution >= 0.6 is 0 Å². The van der Waals surface area contributed by atoms with E-state index in [0.29, 0.717) is 6.04 Å². The fourth-order valence-electron chi connectivity index (χ4n) is 2.23. The van der Waals surface area contributed by atoms with Crippen LogP contribution < -0.4 is 10.1 Å². The van der Waals surface area contributed by atoms with Gasteiger partial charge in [0, 0.05) is 12.1 Å². The Morgan fingerprint density at radius 1 is 1.26 bits per heavy atom. The maximum atomic E-state index is 10.5. The molecular weight excluding hydrogens is 238 g/mol. The molecule has 1 aromatic rings. The molecule has 0 spiro atoms. The Hall–Kier alpha value is -1.06. The van der Waals surface area contributed by atoms with Gasteiger partial charge in [0.15, 0.2) is 0 Å². The summed E-state index contributed by atoms with van der Waals surface area (Å²) in [6, 6.07) is 6.37. The first-order valence-electron chi connectivity index (χ1n) is 7.12. The van der Waals surface area contributed by atoms with Gasteiger partial charge in [-0.05, 0) is 49.9 Å². The van der Waals surface area contributed by atoms with Crippen molar-refractivity contribution < 1.29 is 9.84 Å². The minimum absolute atomic E-state index is 0.0859. The lowest BCUT2D eigenvalue weighted by Gasteiger charge is -2.27. The zero-order valence-electron chi connectivity index (χ0n) is 12.7. The number of ether oxygens (including phenoxy) is 1. The molecule has 3 nitrogen and oxygen atoms in total. The third-order valence-corrected chi connectivity index (χ3v) is 3.69. The molecule has 0 amide bonds. The molecule has 0 aliphatic carbocycles. The Balaban J connectivity index is 2.84. The third kappa shape index (κ3) is 4.22. The van der Waals surface area contributed by atoms with Crippen LogP contribution in [0.15, 0.2) is 18.2 Å². The topological polar surface area (TPSA) is 41.5 Å². The van der Waals surface area contributed by atoms with Crippen LogP contribution in [0.2, 0.25) is 0 Å². The summed E-state index contributed by atoms with van der Waals surface area (Å²) in [6.45, 7) is 8.39. The zero-order chi connectivity index (χ0) is 14.4. The highest BCUT2D eigenvalue weighted by Crippen LogP contribution is 2.25. The average molecular weight is 265 g/mol. The van der Waals surface area contributed by atoms with Crippen LogP contribution in [0, 0.1) is 6.92 Å². The molecule has 3 atom stereocenters. The summed E-state index contributed by atoms with van der Waals surface area (Å²) in [5, 5.41) is 14.0. The molecule has 3 heteroatoms. The summed E-state index contributed by atoms with van der Waals surface area (Å²) in [6.07, 6.45) is 1.48. The van der Waals surface area contributed by atoms with E-state index in [2.05, 4.69) is 26.1 Å². The fraction of sp³-hybridized carbons (Fsp3) is 0.625. The van der Waals surface area contributed by atoms with Gasteiger partial charge >= 0.3 is 0 Å². The lowest BCUT2D eigenvalue weighted by Crippen LogP contribution is -2.40. The van der Waals surface area contributed by atoms with Crippen molar-refractivity contribution in [3.63, 3.8) is 0 Å². The first kappa shape index (κ1) is 16.0. The molecule has 0 aliphatic heterocycles. The van der Waals surface area contributed by atoms with Crippen molar-refractivity contribution in [3.05, 3.63) is 29.3 Å². The minimum atomic E-state index is -0.483. The smallest absolute Gasteiger partial charge is 0.121 e. The monoisotopic (exact) mass is 265 g/mol. The van der Waals surface area contributed by atoms with Gasteiger partial charge in [-0.25, -0.2) is 0 Å². The summed E-state index contributed by atoms with van der Waals surface area (Å²) in [5.74, 6) is 0.860. The van der Waals surface area contributed by atoms with Crippen molar-refractivity contribution in [2.45, 2.75) is 58.7 Å². The summed E-state index contributed by atoms with van der Waals surface area (Å²) in [4.78, 5) is 0. The highest BCUT2D eigenvalue weighted by molar-refractivity contribution is 5.37. The second-order valence-corrected chi connectivity index (χ2v) is 5.16. The van der Waals surface area contributed by atoms with E-state index in [9.17, 15) is 5.11 Å². The summed E-state index contributed by atoms with van der Waals surface area (Å²) in [5.41, 5.74) is 2.00. The SMILES string of the molecule is CCC(C)NC(CC)C(O)c1ccc(OC)c(C)c1. The number of aliphatic hydroxyl groups is 1. The zero-order valence-corrected chi connectivity index (χ0v) is 12.7. The van der Waals surface area contributed by atoms with Crippen molar-refractivity contribution >= 4 is 0 Å². The molecule has 0 aromatic heterocycles. The lowest BCUT2D eigenvalue weighted by molar-refractivity contribution is 0.119. The van der Waals surface area contributed by atoms with E-state index in [1.165, 1.54) is 0 Å². The van der Waals surface area contributed by atoms with Crippen LogP contribution in [-0.4, -0.2) is 24.3 Å². The van der Waals surface area contributed by atoms with E-state index in [4.69, 9.17) is 4.74 Å². The van der Waals surface area contributed by atoms with Gasteiger partial charge in [0.25, 0.3) is 0 Å². The van der Waals surface area contributed by atoms with Crippen molar-refractivity contribution in [3.8, 4) is 5.75 Å². The van der Waals surface area contributed by atoms with E-state index in [1.54, 1.807) is 7.11 Å². The summed E-state index contributed by atoms with van der Waals surface area (Å²) < 4.78 is 5.25. The lowest BCUT2D eigenvalue weighted by atomic mass is 9.97. The molecule has 108 valence electrons. The van der Waals surface area contributed by atoms with Crippen LogP contribution in [-0.2, 0) is 0 Å². The normalized spacial score (nSPS) is 15.9. The maximum absolute atomic E-state index is 10.5. The molecule has 0 radical (unpaired) electrons. The van der Waals surface area contributed by atoms with Gasteiger partial charge in [-0.2, -0.15) is 0 Å². The Labute approximate surface area is 117 Å². The second-order valence-electron chi connectivity index (χ2n) is 5.16. The van der Waals surface area contributed by atoms with Crippen LogP contribution in [0.4, 0.5) is 0 Å². The molecule has 0 saturated carbocycles. The van der Waals surface area contributed by atoms with E-state index in [-0.39, 0.29) is 6.04 Å². The number of aliphatic hydroxyl groups excluding tert-OH is 1. The van der Waals surface area contributed by atoms with Crippen molar-refractivity contribution in [1.29, 1.82) is 0 Å². The van der Waals surface area contributed by atoms with Crippen molar-refractivity contribution in [2.24, 2.45) is 0 Å². The molecule has 19 heavy (non-hydrogen) atoms. The number of benzene rings is 1. The number of aryl methyl sites for hydroxylation is 1. The van der Waals surface area contributed by atoms with Crippen molar-refractivity contribution in [1.82, 2.24) is 5.32 Å². The Morgan fingerprint density at radius 3 is 2.42 bits per heavy atom. The first-order chi connectivity index (χ1) is 9.03. The Morgan fingerprint density at radius 2 is 1.95 bits per heavy atom. The van der Waals surface area contributed by atoms with Gasteiger partial charge in [-0.15, -0.1) is 0 Å². The minimum Gasteiger partial charge on any atom is -0.496 e. The number of hydrogen-bond donors (Lipinski definition) is 2. The average Bonchev–Trinajstić information content (AvgIpc) is 2.43. The van der Waals surface area contributed by atoms with E-state index >= 15 is 0 Å². The molecule has 1 rings (SSSR count). The predicted octanol–water partition coefficient (Wildman–Crippen LogP) is 3.20. The Bertz CT molecular complexity index is 392. The summed E-state index contributed by atoms with van der Waals surface area (Å²) >= 11 is 0. The molecular formula is C16H27NO2. The Kier molecular flexibility index (Phi) is 6.32. The molecule has 0 aliphatic rings.